The van der Waals surface area contributed by atoms with Gasteiger partial charge in [0.25, 0.3) is 0 Å². The first-order valence-electron chi connectivity index (χ1n) is 5.79. The number of rotatable bonds is 6. The van der Waals surface area contributed by atoms with Crippen LogP contribution in [0.15, 0.2) is 0 Å². The fraction of sp³-hybridized carbons (Fsp3) is 0.909. The van der Waals surface area contributed by atoms with Crippen LogP contribution in [0.5, 0.6) is 0 Å². The summed E-state index contributed by atoms with van der Waals surface area (Å²) in [5.41, 5.74) is 0. The number of methoxy groups -OCH3 is 1. The van der Waals surface area contributed by atoms with Crippen molar-refractivity contribution in [2.75, 3.05) is 38.3 Å². The maximum absolute atomic E-state index is 11.6. The van der Waals surface area contributed by atoms with Gasteiger partial charge in [0.2, 0.25) is 5.91 Å². The van der Waals surface area contributed by atoms with Crippen molar-refractivity contribution < 1.29 is 9.53 Å². The maximum Gasteiger partial charge on any atom is 0.221 e. The quantitative estimate of drug-likeness (QED) is 0.760. The van der Waals surface area contributed by atoms with Gasteiger partial charge in [0.1, 0.15) is 0 Å². The second kappa shape index (κ2) is 10.00. The van der Waals surface area contributed by atoms with Crippen molar-refractivity contribution in [3.63, 3.8) is 0 Å². The van der Waals surface area contributed by atoms with Crippen molar-refractivity contribution in [2.24, 2.45) is 5.92 Å². The molecule has 17 heavy (non-hydrogen) atoms. The Morgan fingerprint density at radius 2 is 2.41 bits per heavy atom. The van der Waals surface area contributed by atoms with Crippen molar-refractivity contribution >= 4 is 30.1 Å². The van der Waals surface area contributed by atoms with Crippen molar-refractivity contribution in [1.82, 2.24) is 10.6 Å². The molecule has 1 aliphatic heterocycles. The lowest BCUT2D eigenvalue weighted by Crippen LogP contribution is -2.42. The Hall–Kier alpha value is 0.0300. The van der Waals surface area contributed by atoms with Crippen LogP contribution in [0.2, 0.25) is 0 Å². The van der Waals surface area contributed by atoms with E-state index in [0.29, 0.717) is 31.5 Å². The molecule has 0 aromatic heterocycles. The summed E-state index contributed by atoms with van der Waals surface area (Å²) in [5, 5.41) is 6.30. The number of carbonyl (C=O) groups excluding carboxylic acids is 1. The van der Waals surface area contributed by atoms with Gasteiger partial charge in [-0.05, 0) is 5.92 Å². The predicted octanol–water partition coefficient (Wildman–Crippen LogP) is 0.902. The predicted molar refractivity (Wildman–Crippen MR) is 75.0 cm³/mol. The van der Waals surface area contributed by atoms with E-state index in [4.69, 9.17) is 4.74 Å². The minimum atomic E-state index is 0. The molecule has 0 saturated carbocycles. The lowest BCUT2D eigenvalue weighted by molar-refractivity contribution is -0.121. The first-order valence-corrected chi connectivity index (χ1v) is 6.94. The summed E-state index contributed by atoms with van der Waals surface area (Å²) in [5.74, 6) is 2.72. The van der Waals surface area contributed by atoms with Gasteiger partial charge in [-0.15, -0.1) is 12.4 Å². The summed E-state index contributed by atoms with van der Waals surface area (Å²) in [6.07, 6.45) is 0.590. The number of nitrogens with one attached hydrogen (secondary N) is 2. The molecule has 1 heterocycles. The van der Waals surface area contributed by atoms with Crippen LogP contribution in [-0.4, -0.2) is 50.3 Å². The van der Waals surface area contributed by atoms with E-state index in [2.05, 4.69) is 17.6 Å². The number of halogens is 1. The molecule has 2 atom stereocenters. The molecule has 2 unspecified atom stereocenters. The van der Waals surface area contributed by atoms with E-state index in [9.17, 15) is 4.79 Å². The number of hydrogen-bond acceptors (Lipinski definition) is 4. The third-order valence-corrected chi connectivity index (χ3v) is 3.66. The molecule has 1 fully saturated rings. The Morgan fingerprint density at radius 3 is 3.00 bits per heavy atom. The summed E-state index contributed by atoms with van der Waals surface area (Å²) in [6, 6.07) is 0.344. The topological polar surface area (TPSA) is 50.4 Å². The molecular formula is C11H23ClN2O2S. The Balaban J connectivity index is 0.00000256. The van der Waals surface area contributed by atoms with Gasteiger partial charge in [0.15, 0.2) is 0 Å². The van der Waals surface area contributed by atoms with Crippen LogP contribution in [0.25, 0.3) is 0 Å². The molecule has 102 valence electrons. The molecule has 4 nitrogen and oxygen atoms in total. The van der Waals surface area contributed by atoms with E-state index in [-0.39, 0.29) is 18.3 Å². The van der Waals surface area contributed by atoms with Crippen LogP contribution in [0.3, 0.4) is 0 Å². The van der Waals surface area contributed by atoms with E-state index >= 15 is 0 Å². The summed E-state index contributed by atoms with van der Waals surface area (Å²) in [7, 11) is 1.68. The zero-order chi connectivity index (χ0) is 11.8. The number of amides is 1. The largest absolute Gasteiger partial charge is 0.384 e. The second-order valence-electron chi connectivity index (χ2n) is 4.29. The van der Waals surface area contributed by atoms with E-state index in [1.54, 1.807) is 7.11 Å². The average molecular weight is 283 g/mol. The SMILES string of the molecule is COCC(C)CNC(=O)CC1CSCCN1.Cl. The number of ether oxygens (including phenoxy) is 1. The number of carbonyl (C=O) groups is 1. The van der Waals surface area contributed by atoms with Gasteiger partial charge in [-0.1, -0.05) is 6.92 Å². The lowest BCUT2D eigenvalue weighted by Gasteiger charge is -2.22. The summed E-state index contributed by atoms with van der Waals surface area (Å²) in [6.45, 7) is 4.48. The molecule has 0 bridgehead atoms. The molecule has 0 aromatic rings. The Morgan fingerprint density at radius 1 is 1.65 bits per heavy atom. The zero-order valence-electron chi connectivity index (χ0n) is 10.5. The average Bonchev–Trinajstić information content (AvgIpc) is 2.28. The molecule has 1 saturated heterocycles. The fourth-order valence-electron chi connectivity index (χ4n) is 1.68. The standard InChI is InChI=1S/C11H22N2O2S.ClH/c1-9(7-15-2)6-13-11(14)5-10-8-16-4-3-12-10;/h9-10,12H,3-8H2,1-2H3,(H,13,14);1H. The summed E-state index contributed by atoms with van der Waals surface area (Å²) in [4.78, 5) is 11.6. The van der Waals surface area contributed by atoms with Gasteiger partial charge in [-0.3, -0.25) is 4.79 Å². The van der Waals surface area contributed by atoms with Gasteiger partial charge in [0.05, 0.1) is 6.61 Å². The highest BCUT2D eigenvalue weighted by atomic mass is 35.5. The third kappa shape index (κ3) is 7.86. The first kappa shape index (κ1) is 17.0. The molecule has 1 rings (SSSR count). The van der Waals surface area contributed by atoms with Crippen molar-refractivity contribution in [2.45, 2.75) is 19.4 Å². The van der Waals surface area contributed by atoms with Gasteiger partial charge < -0.3 is 15.4 Å². The van der Waals surface area contributed by atoms with Crippen molar-refractivity contribution in [3.05, 3.63) is 0 Å². The molecule has 1 amide bonds. The third-order valence-electron chi connectivity index (χ3n) is 2.53. The van der Waals surface area contributed by atoms with Crippen molar-refractivity contribution in [1.29, 1.82) is 0 Å². The number of thioether (sulfide) groups is 1. The van der Waals surface area contributed by atoms with E-state index < -0.39 is 0 Å². The van der Waals surface area contributed by atoms with Gasteiger partial charge in [-0.2, -0.15) is 11.8 Å². The molecule has 1 aliphatic rings. The lowest BCUT2D eigenvalue weighted by atomic mass is 10.2. The van der Waals surface area contributed by atoms with Crippen molar-refractivity contribution in [3.8, 4) is 0 Å². The van der Waals surface area contributed by atoms with Crippen LogP contribution in [0, 0.1) is 5.92 Å². The zero-order valence-corrected chi connectivity index (χ0v) is 12.2. The molecule has 0 radical (unpaired) electrons. The van der Waals surface area contributed by atoms with Gasteiger partial charge >= 0.3 is 0 Å². The summed E-state index contributed by atoms with van der Waals surface area (Å²) < 4.78 is 5.02. The van der Waals surface area contributed by atoms with Gasteiger partial charge in [0, 0.05) is 44.2 Å². The molecular weight excluding hydrogens is 260 g/mol. The second-order valence-corrected chi connectivity index (χ2v) is 5.44. The summed E-state index contributed by atoms with van der Waals surface area (Å²) >= 11 is 1.92. The smallest absolute Gasteiger partial charge is 0.221 e. The van der Waals surface area contributed by atoms with Crippen LogP contribution in [0.1, 0.15) is 13.3 Å². The molecule has 0 aliphatic carbocycles. The fourth-order valence-corrected chi connectivity index (χ4v) is 2.63. The Labute approximate surface area is 114 Å². The molecule has 0 spiro atoms. The van der Waals surface area contributed by atoms with Crippen LogP contribution >= 0.6 is 24.2 Å². The number of hydrogen-bond donors (Lipinski definition) is 2. The maximum atomic E-state index is 11.6. The minimum absolute atomic E-state index is 0. The van der Waals surface area contributed by atoms with E-state index in [1.807, 2.05) is 11.8 Å². The van der Waals surface area contributed by atoms with E-state index in [0.717, 1.165) is 18.1 Å². The molecule has 6 heteroatoms. The highest BCUT2D eigenvalue weighted by Crippen LogP contribution is 2.09. The normalized spacial score (nSPS) is 21.4. The highest BCUT2D eigenvalue weighted by Gasteiger charge is 2.16. The van der Waals surface area contributed by atoms with Crippen LogP contribution in [-0.2, 0) is 9.53 Å². The Kier molecular flexibility index (Phi) is 10.0. The van der Waals surface area contributed by atoms with E-state index in [1.165, 1.54) is 0 Å². The minimum Gasteiger partial charge on any atom is -0.384 e. The molecule has 0 aromatic carbocycles. The van der Waals surface area contributed by atoms with Gasteiger partial charge in [-0.25, -0.2) is 0 Å². The van der Waals surface area contributed by atoms with Crippen LogP contribution in [0.4, 0.5) is 0 Å². The first-order chi connectivity index (χ1) is 7.72. The molecule has 2 N–H and O–H groups in total. The Bertz CT molecular complexity index is 214. The monoisotopic (exact) mass is 282 g/mol. The highest BCUT2D eigenvalue weighted by molar-refractivity contribution is 7.99. The van der Waals surface area contributed by atoms with Crippen LogP contribution < -0.4 is 10.6 Å².